The van der Waals surface area contributed by atoms with Gasteiger partial charge < -0.3 is 9.47 Å². The molecule has 0 spiro atoms. The number of carbonyl (C=O) groups is 1. The lowest BCUT2D eigenvalue weighted by Crippen LogP contribution is -2.49. The lowest BCUT2D eigenvalue weighted by Gasteiger charge is -2.38. The maximum Gasteiger partial charge on any atom is 0.271 e. The molecule has 2 aliphatic rings. The van der Waals surface area contributed by atoms with E-state index in [0.717, 1.165) is 37.4 Å². The zero-order chi connectivity index (χ0) is 19.8. The van der Waals surface area contributed by atoms with Gasteiger partial charge in [0.1, 0.15) is 5.69 Å². The predicted octanol–water partition coefficient (Wildman–Crippen LogP) is 3.53. The topological polar surface area (TPSA) is 41.4 Å². The second-order valence-electron chi connectivity index (χ2n) is 8.05. The monoisotopic (exact) mass is 386 g/mol. The molecule has 1 aromatic carbocycles. The summed E-state index contributed by atoms with van der Waals surface area (Å²) < 4.78 is 2.18. The fourth-order valence-corrected chi connectivity index (χ4v) is 4.71. The van der Waals surface area contributed by atoms with E-state index in [0.29, 0.717) is 6.54 Å². The van der Waals surface area contributed by atoms with Crippen molar-refractivity contribution in [1.82, 2.24) is 19.4 Å². The van der Waals surface area contributed by atoms with Gasteiger partial charge in [-0.1, -0.05) is 37.3 Å². The Balaban J connectivity index is 1.40. The van der Waals surface area contributed by atoms with Gasteiger partial charge in [0, 0.05) is 32.0 Å². The van der Waals surface area contributed by atoms with Gasteiger partial charge in [-0.3, -0.25) is 14.7 Å². The third kappa shape index (κ3) is 3.36. The van der Waals surface area contributed by atoms with E-state index in [1.807, 2.05) is 35.2 Å². The van der Waals surface area contributed by atoms with Crippen molar-refractivity contribution in [1.29, 1.82) is 0 Å². The van der Waals surface area contributed by atoms with E-state index in [4.69, 9.17) is 0 Å². The van der Waals surface area contributed by atoms with Crippen LogP contribution in [0.3, 0.4) is 0 Å². The molecule has 3 aromatic rings. The number of aryl methyl sites for hydroxylation is 1. The van der Waals surface area contributed by atoms with Crippen LogP contribution in [0.1, 0.15) is 40.3 Å². The molecule has 0 N–H and O–H groups in total. The van der Waals surface area contributed by atoms with Crippen molar-refractivity contribution in [3.63, 3.8) is 0 Å². The van der Waals surface area contributed by atoms with Crippen LogP contribution < -0.4 is 0 Å². The zero-order valence-electron chi connectivity index (χ0n) is 16.7. The highest BCUT2D eigenvalue weighted by atomic mass is 16.2. The molecule has 148 valence electrons. The Bertz CT molecular complexity index is 995. The number of benzene rings is 1. The number of aromatic nitrogens is 2. The largest absolute Gasteiger partial charge is 0.337 e. The molecule has 5 nitrogen and oxygen atoms in total. The van der Waals surface area contributed by atoms with Crippen LogP contribution in [0.25, 0.3) is 0 Å². The molecule has 2 aliphatic heterocycles. The number of hydrogen-bond acceptors (Lipinski definition) is 3. The number of fused-ring (bicyclic) bond motifs is 3. The summed E-state index contributed by atoms with van der Waals surface area (Å²) in [6.07, 6.45) is 4.92. The van der Waals surface area contributed by atoms with Crippen LogP contribution in [0.2, 0.25) is 0 Å². The van der Waals surface area contributed by atoms with Crippen LogP contribution in [0.15, 0.2) is 67.0 Å². The number of rotatable bonds is 5. The molecule has 0 saturated carbocycles. The molecule has 5 heteroatoms. The number of amides is 1. The summed E-state index contributed by atoms with van der Waals surface area (Å²) in [7, 11) is 0. The van der Waals surface area contributed by atoms with Crippen molar-refractivity contribution in [2.45, 2.75) is 38.5 Å². The summed E-state index contributed by atoms with van der Waals surface area (Å²) in [6.45, 7) is 5.50. The molecule has 29 heavy (non-hydrogen) atoms. The van der Waals surface area contributed by atoms with E-state index < -0.39 is 0 Å². The van der Waals surface area contributed by atoms with Crippen molar-refractivity contribution in [2.24, 2.45) is 0 Å². The molecule has 0 bridgehead atoms. The molecule has 0 unspecified atom stereocenters. The molecule has 0 radical (unpaired) electrons. The van der Waals surface area contributed by atoms with Crippen LogP contribution in [0.4, 0.5) is 0 Å². The fraction of sp³-hybridized carbons (Fsp3) is 0.333. The summed E-state index contributed by atoms with van der Waals surface area (Å²) in [6, 6.07) is 19.2. The Hall–Kier alpha value is -2.92. The normalized spacial score (nSPS) is 21.3. The molecule has 5 rings (SSSR count). The highest BCUT2D eigenvalue weighted by Gasteiger charge is 2.44. The molecule has 1 amide bonds. The molecule has 2 atom stereocenters. The maximum absolute atomic E-state index is 13.2. The average molecular weight is 386 g/mol. The van der Waals surface area contributed by atoms with Crippen LogP contribution in [0, 0.1) is 0 Å². The van der Waals surface area contributed by atoms with Crippen molar-refractivity contribution in [3.05, 3.63) is 89.5 Å². The highest BCUT2D eigenvalue weighted by molar-refractivity contribution is 5.94. The highest BCUT2D eigenvalue weighted by Crippen LogP contribution is 2.35. The van der Waals surface area contributed by atoms with Crippen LogP contribution in [0.5, 0.6) is 0 Å². The van der Waals surface area contributed by atoms with Crippen molar-refractivity contribution < 1.29 is 4.79 Å². The Morgan fingerprint density at radius 1 is 0.931 bits per heavy atom. The first-order valence-corrected chi connectivity index (χ1v) is 10.4. The van der Waals surface area contributed by atoms with Gasteiger partial charge in [-0.2, -0.15) is 0 Å². The SMILES string of the molecule is CCc1ccc(CN2C[C@H]3[C@H](C2)n2cccc2C(=O)N3Cc2ccccn2)cc1. The van der Waals surface area contributed by atoms with Crippen molar-refractivity contribution >= 4 is 5.91 Å². The number of likely N-dealkylation sites (tertiary alicyclic amines) is 1. The molecular weight excluding hydrogens is 360 g/mol. The lowest BCUT2D eigenvalue weighted by molar-refractivity contribution is 0.0553. The van der Waals surface area contributed by atoms with E-state index in [-0.39, 0.29) is 18.0 Å². The maximum atomic E-state index is 13.2. The lowest BCUT2D eigenvalue weighted by atomic mass is 10.1. The van der Waals surface area contributed by atoms with E-state index in [1.165, 1.54) is 11.1 Å². The molecule has 1 fully saturated rings. The smallest absolute Gasteiger partial charge is 0.271 e. The van der Waals surface area contributed by atoms with Gasteiger partial charge in [0.15, 0.2) is 0 Å². The minimum atomic E-state index is 0.107. The zero-order valence-corrected chi connectivity index (χ0v) is 16.7. The van der Waals surface area contributed by atoms with Gasteiger partial charge in [-0.15, -0.1) is 0 Å². The Morgan fingerprint density at radius 2 is 1.72 bits per heavy atom. The van der Waals surface area contributed by atoms with Gasteiger partial charge in [-0.05, 0) is 41.8 Å². The average Bonchev–Trinajstić information content (AvgIpc) is 3.40. The Labute approximate surface area is 171 Å². The number of nitrogens with zero attached hydrogens (tertiary/aromatic N) is 4. The molecule has 2 aromatic heterocycles. The first kappa shape index (κ1) is 18.1. The molecule has 0 aliphatic carbocycles. The molecule has 1 saturated heterocycles. The summed E-state index contributed by atoms with van der Waals surface area (Å²) >= 11 is 0. The number of hydrogen-bond donors (Lipinski definition) is 0. The third-order valence-electron chi connectivity index (χ3n) is 6.25. The van der Waals surface area contributed by atoms with E-state index in [1.54, 1.807) is 6.20 Å². The van der Waals surface area contributed by atoms with E-state index >= 15 is 0 Å². The number of pyridine rings is 1. The predicted molar refractivity (Wildman–Crippen MR) is 112 cm³/mol. The van der Waals surface area contributed by atoms with Crippen LogP contribution in [-0.2, 0) is 19.5 Å². The summed E-state index contributed by atoms with van der Waals surface area (Å²) in [5.74, 6) is 0.107. The molecular formula is C24H26N4O. The third-order valence-corrected chi connectivity index (χ3v) is 6.25. The van der Waals surface area contributed by atoms with Gasteiger partial charge in [0.25, 0.3) is 5.91 Å². The second kappa shape index (κ2) is 7.48. The van der Waals surface area contributed by atoms with Crippen LogP contribution in [-0.4, -0.2) is 44.4 Å². The summed E-state index contributed by atoms with van der Waals surface area (Å²) in [4.78, 5) is 22.2. The quantitative estimate of drug-likeness (QED) is 0.674. The minimum Gasteiger partial charge on any atom is -0.337 e. The van der Waals surface area contributed by atoms with Gasteiger partial charge in [0.05, 0.1) is 24.3 Å². The molecule has 4 heterocycles. The minimum absolute atomic E-state index is 0.107. The van der Waals surface area contributed by atoms with Gasteiger partial charge in [0.2, 0.25) is 0 Å². The van der Waals surface area contributed by atoms with Crippen molar-refractivity contribution in [3.8, 4) is 0 Å². The van der Waals surface area contributed by atoms with Gasteiger partial charge in [-0.25, -0.2) is 0 Å². The van der Waals surface area contributed by atoms with Crippen LogP contribution >= 0.6 is 0 Å². The summed E-state index contributed by atoms with van der Waals surface area (Å²) in [5.41, 5.74) is 4.42. The summed E-state index contributed by atoms with van der Waals surface area (Å²) in [5, 5.41) is 0. The number of carbonyl (C=O) groups excluding carboxylic acids is 1. The second-order valence-corrected chi connectivity index (χ2v) is 8.05. The first-order valence-electron chi connectivity index (χ1n) is 10.4. The van der Waals surface area contributed by atoms with E-state index in [2.05, 4.69) is 51.8 Å². The standard InChI is InChI=1S/C24H26N4O/c1-2-18-8-10-19(11-9-18)14-26-16-22-23(17-26)28(15-20-6-3-4-12-25-20)24(29)21-7-5-13-27(21)22/h3-13,22-23H,2,14-17H2,1H3/t22-,23-/m0/s1. The fourth-order valence-electron chi connectivity index (χ4n) is 4.71. The Kier molecular flexibility index (Phi) is 4.68. The van der Waals surface area contributed by atoms with Crippen molar-refractivity contribution in [2.75, 3.05) is 13.1 Å². The Morgan fingerprint density at radius 3 is 2.48 bits per heavy atom. The van der Waals surface area contributed by atoms with E-state index in [9.17, 15) is 4.79 Å². The first-order chi connectivity index (χ1) is 14.2. The van der Waals surface area contributed by atoms with Gasteiger partial charge >= 0.3 is 0 Å².